The van der Waals surface area contributed by atoms with E-state index in [1.807, 2.05) is 32.9 Å². The normalized spacial score (nSPS) is 22.5. The highest BCUT2D eigenvalue weighted by Gasteiger charge is 2.47. The Labute approximate surface area is 198 Å². The number of dihydropyridines is 1. The van der Waals surface area contributed by atoms with Gasteiger partial charge in [-0.15, -0.1) is 0 Å². The van der Waals surface area contributed by atoms with Crippen LogP contribution < -0.4 is 10.1 Å². The molecule has 0 radical (unpaired) electrons. The molecule has 0 amide bonds. The summed E-state index contributed by atoms with van der Waals surface area (Å²) in [6, 6.07) is 7.26. The van der Waals surface area contributed by atoms with Crippen molar-refractivity contribution in [2.24, 2.45) is 11.8 Å². The van der Waals surface area contributed by atoms with Crippen LogP contribution in [0.3, 0.4) is 0 Å². The monoisotopic (exact) mass is 473 g/mol. The van der Waals surface area contributed by atoms with E-state index in [2.05, 4.69) is 5.32 Å². The average molecular weight is 474 g/mol. The number of nitrogens with one attached hydrogen (secondary N) is 1. The number of carbonyl (C=O) groups is 3. The maximum Gasteiger partial charge on any atom is 0.336 e. The van der Waals surface area contributed by atoms with Gasteiger partial charge >= 0.3 is 11.9 Å². The van der Waals surface area contributed by atoms with E-state index in [0.29, 0.717) is 34.8 Å². The van der Waals surface area contributed by atoms with Crippen molar-refractivity contribution in [3.63, 3.8) is 0 Å². The molecule has 1 N–H and O–H groups in total. The van der Waals surface area contributed by atoms with Gasteiger partial charge in [0.05, 0.1) is 19.8 Å². The summed E-state index contributed by atoms with van der Waals surface area (Å²) in [5.74, 6) is -0.817. The van der Waals surface area contributed by atoms with Crippen LogP contribution in [0.25, 0.3) is 0 Å². The molecule has 0 saturated heterocycles. The molecule has 1 aliphatic carbocycles. The molecule has 7 nitrogen and oxygen atoms in total. The van der Waals surface area contributed by atoms with Gasteiger partial charge in [-0.3, -0.25) is 9.59 Å². The lowest BCUT2D eigenvalue weighted by Crippen LogP contribution is -2.43. The summed E-state index contributed by atoms with van der Waals surface area (Å²) in [7, 11) is 2.86. The number of ether oxygens (including phenoxy) is 3. The number of benzene rings is 1. The number of carbonyl (C=O) groups excluding carboxylic acids is 3. The number of Topliss-reactive ketones (excluding diaryl/α,β-unsaturated/α-hetero) is 1. The van der Waals surface area contributed by atoms with Crippen LogP contribution in [0.5, 0.6) is 5.75 Å². The highest BCUT2D eigenvalue weighted by molar-refractivity contribution is 7.99. The lowest BCUT2D eigenvalue weighted by atomic mass is 9.69. The van der Waals surface area contributed by atoms with Crippen LogP contribution >= 0.6 is 11.8 Å². The molecule has 2 aliphatic rings. The van der Waals surface area contributed by atoms with Gasteiger partial charge in [0.1, 0.15) is 18.3 Å². The molecule has 0 unspecified atom stereocenters. The Hall–Kier alpha value is -2.74. The van der Waals surface area contributed by atoms with E-state index in [1.54, 1.807) is 31.0 Å². The number of rotatable bonds is 8. The van der Waals surface area contributed by atoms with Gasteiger partial charge in [-0.1, -0.05) is 26.0 Å². The summed E-state index contributed by atoms with van der Waals surface area (Å²) in [6.07, 6.45) is 0.500. The highest BCUT2D eigenvalue weighted by atomic mass is 32.2. The number of hydrogen-bond acceptors (Lipinski definition) is 8. The first kappa shape index (κ1) is 24.9. The predicted molar refractivity (Wildman–Crippen MR) is 127 cm³/mol. The molecule has 33 heavy (non-hydrogen) atoms. The number of esters is 2. The second-order valence-electron chi connectivity index (χ2n) is 8.14. The molecule has 1 aromatic carbocycles. The van der Waals surface area contributed by atoms with Crippen molar-refractivity contribution in [2.45, 2.75) is 33.1 Å². The van der Waals surface area contributed by atoms with Crippen LogP contribution in [0.1, 0.15) is 38.7 Å². The Bertz CT molecular complexity index is 981. The van der Waals surface area contributed by atoms with Gasteiger partial charge < -0.3 is 19.5 Å². The topological polar surface area (TPSA) is 90.9 Å². The molecule has 1 heterocycles. The van der Waals surface area contributed by atoms with E-state index in [1.165, 1.54) is 7.11 Å². The smallest absolute Gasteiger partial charge is 0.336 e. The number of ketones is 1. The fourth-order valence-corrected chi connectivity index (χ4v) is 4.99. The third kappa shape index (κ3) is 5.11. The first-order chi connectivity index (χ1) is 15.8. The van der Waals surface area contributed by atoms with Gasteiger partial charge in [0.15, 0.2) is 5.78 Å². The molecule has 0 aromatic heterocycles. The summed E-state index contributed by atoms with van der Waals surface area (Å²) < 4.78 is 15.8. The summed E-state index contributed by atoms with van der Waals surface area (Å²) in [6.45, 7) is 6.01. The Morgan fingerprint density at radius 1 is 1.18 bits per heavy atom. The molecule has 3 atom stereocenters. The van der Waals surface area contributed by atoms with Gasteiger partial charge in [-0.05, 0) is 42.7 Å². The predicted octanol–water partition coefficient (Wildman–Crippen LogP) is 3.60. The number of allylic oxidation sites excluding steroid dienone is 3. The van der Waals surface area contributed by atoms with E-state index < -0.39 is 23.8 Å². The largest absolute Gasteiger partial charge is 0.497 e. The molecule has 0 saturated carbocycles. The zero-order chi connectivity index (χ0) is 24.1. The molecular weight excluding hydrogens is 442 g/mol. The molecule has 8 heteroatoms. The van der Waals surface area contributed by atoms with Gasteiger partial charge in [0, 0.05) is 28.6 Å². The van der Waals surface area contributed by atoms with Crippen molar-refractivity contribution in [3.05, 3.63) is 52.4 Å². The van der Waals surface area contributed by atoms with Gasteiger partial charge in [-0.2, -0.15) is 11.8 Å². The van der Waals surface area contributed by atoms with E-state index in [4.69, 9.17) is 14.2 Å². The van der Waals surface area contributed by atoms with Crippen molar-refractivity contribution in [2.75, 3.05) is 32.3 Å². The molecule has 3 rings (SSSR count). The lowest BCUT2D eigenvalue weighted by Gasteiger charge is -2.38. The van der Waals surface area contributed by atoms with Gasteiger partial charge in [-0.25, -0.2) is 4.79 Å². The van der Waals surface area contributed by atoms with Crippen molar-refractivity contribution in [1.82, 2.24) is 5.32 Å². The van der Waals surface area contributed by atoms with Crippen LogP contribution in [-0.2, 0) is 23.9 Å². The van der Waals surface area contributed by atoms with Crippen molar-refractivity contribution in [1.29, 1.82) is 0 Å². The maximum atomic E-state index is 13.6. The van der Waals surface area contributed by atoms with E-state index in [0.717, 1.165) is 17.0 Å². The number of thioether (sulfide) groups is 1. The fraction of sp³-hybridized carbons (Fsp3) is 0.480. The first-order valence-corrected chi connectivity index (χ1v) is 12.2. The summed E-state index contributed by atoms with van der Waals surface area (Å²) >= 11 is 1.69. The molecular formula is C25H31NO6S. The third-order valence-electron chi connectivity index (χ3n) is 6.08. The molecule has 178 valence electrons. The van der Waals surface area contributed by atoms with Gasteiger partial charge in [0.2, 0.25) is 0 Å². The minimum atomic E-state index is -0.909. The standard InChI is InChI=1S/C25H31NO6S/c1-6-33-12-11-32-25(29)20-15(3)26-18-13-14(2)19(24(28)31-5)23(27)22(18)21(20)16-7-9-17(30-4)10-8-16/h7-10,14,19,21,26H,6,11-13H2,1-5H3/t14-,19+,21+/m0/s1. The Morgan fingerprint density at radius 3 is 2.48 bits per heavy atom. The zero-order valence-electron chi connectivity index (χ0n) is 19.7. The Balaban J connectivity index is 2.06. The Morgan fingerprint density at radius 2 is 1.88 bits per heavy atom. The number of hydrogen-bond donors (Lipinski definition) is 1. The number of methoxy groups -OCH3 is 2. The van der Waals surface area contributed by atoms with Crippen LogP contribution in [-0.4, -0.2) is 50.1 Å². The molecule has 0 fully saturated rings. The molecule has 1 aliphatic heterocycles. The summed E-state index contributed by atoms with van der Waals surface area (Å²) in [5, 5.41) is 3.27. The maximum absolute atomic E-state index is 13.6. The van der Waals surface area contributed by atoms with Crippen molar-refractivity contribution < 1.29 is 28.6 Å². The second-order valence-corrected chi connectivity index (χ2v) is 9.54. The highest BCUT2D eigenvalue weighted by Crippen LogP contribution is 2.45. The molecule has 0 bridgehead atoms. The minimum absolute atomic E-state index is 0.222. The van der Waals surface area contributed by atoms with E-state index >= 15 is 0 Å². The second kappa shape index (κ2) is 10.9. The first-order valence-electron chi connectivity index (χ1n) is 11.1. The van der Waals surface area contributed by atoms with Crippen LogP contribution in [0.4, 0.5) is 0 Å². The summed E-state index contributed by atoms with van der Waals surface area (Å²) in [5.41, 5.74) is 2.95. The summed E-state index contributed by atoms with van der Waals surface area (Å²) in [4.78, 5) is 39.3. The fourth-order valence-electron chi connectivity index (χ4n) is 4.50. The van der Waals surface area contributed by atoms with Gasteiger partial charge in [0.25, 0.3) is 0 Å². The van der Waals surface area contributed by atoms with Crippen LogP contribution in [0.2, 0.25) is 0 Å². The quantitative estimate of drug-likeness (QED) is 0.348. The van der Waals surface area contributed by atoms with Crippen molar-refractivity contribution in [3.8, 4) is 5.75 Å². The van der Waals surface area contributed by atoms with E-state index in [-0.39, 0.29) is 18.3 Å². The lowest BCUT2D eigenvalue weighted by molar-refractivity contribution is -0.151. The SMILES string of the molecule is CCSCCOC(=O)C1=C(C)NC2=C(C(=O)[C@H](C(=O)OC)[C@@H](C)C2)[C@@H]1c1ccc(OC)cc1. The molecule has 0 spiro atoms. The van der Waals surface area contributed by atoms with Crippen molar-refractivity contribution >= 4 is 29.5 Å². The Kier molecular flexibility index (Phi) is 8.24. The average Bonchev–Trinajstić information content (AvgIpc) is 2.80. The van der Waals surface area contributed by atoms with Crippen LogP contribution in [0, 0.1) is 11.8 Å². The van der Waals surface area contributed by atoms with E-state index in [9.17, 15) is 14.4 Å². The van der Waals surface area contributed by atoms with Crippen LogP contribution in [0.15, 0.2) is 46.8 Å². The minimum Gasteiger partial charge on any atom is -0.497 e. The zero-order valence-corrected chi connectivity index (χ0v) is 20.5. The third-order valence-corrected chi connectivity index (χ3v) is 6.94. The molecule has 1 aromatic rings.